The molecule has 0 saturated carbocycles. The predicted molar refractivity (Wildman–Crippen MR) is 332 cm³/mol. The molecule has 0 spiro atoms. The maximum Gasteiger partial charge on any atom is 0.407 e. The van der Waals surface area contributed by atoms with Gasteiger partial charge >= 0.3 is 12.2 Å². The van der Waals surface area contributed by atoms with E-state index in [4.69, 9.17) is 29.4 Å². The average molecular weight is 1170 g/mol. The molecule has 0 radical (unpaired) electrons. The Morgan fingerprint density at radius 2 is 0.762 bits per heavy atom. The van der Waals surface area contributed by atoms with Crippen LogP contribution in [0.25, 0.3) is 0 Å². The number of nitrogens with one attached hydrogen (secondary N) is 2. The number of alkyl carbamates (subject to hydrolysis) is 2. The molecule has 3 aliphatic rings. The largest absolute Gasteiger partial charge is 0.489 e. The summed E-state index contributed by atoms with van der Waals surface area (Å²) >= 11 is 0. The van der Waals surface area contributed by atoms with Gasteiger partial charge in [0.25, 0.3) is 0 Å². The van der Waals surface area contributed by atoms with Gasteiger partial charge < -0.3 is 54.8 Å². The molecule has 84 heavy (non-hydrogen) atoms. The van der Waals surface area contributed by atoms with E-state index in [2.05, 4.69) is 122 Å². The summed E-state index contributed by atoms with van der Waals surface area (Å²) in [5.74, 6) is 2.15. The molecular formula is C67H80ClF3N6O7. The maximum atomic E-state index is 13.2. The number of halogens is 4. The van der Waals surface area contributed by atoms with Gasteiger partial charge in [0, 0.05) is 92.7 Å². The van der Waals surface area contributed by atoms with Gasteiger partial charge in [-0.3, -0.25) is 0 Å². The second kappa shape index (κ2) is 32.1. The van der Waals surface area contributed by atoms with Crippen molar-refractivity contribution in [2.45, 2.75) is 91.6 Å². The Bertz CT molecular complexity index is 2990. The van der Waals surface area contributed by atoms with E-state index in [1.165, 1.54) is 50.4 Å². The van der Waals surface area contributed by atoms with Crippen molar-refractivity contribution in [2.24, 2.45) is 5.73 Å². The number of benzene rings is 6. The fraction of sp³-hybridized carbons (Fsp3) is 0.343. The van der Waals surface area contributed by atoms with E-state index >= 15 is 0 Å². The molecule has 6 aromatic carbocycles. The van der Waals surface area contributed by atoms with Gasteiger partial charge in [-0.15, -0.1) is 12.4 Å². The van der Waals surface area contributed by atoms with Crippen LogP contribution in [0.5, 0.6) is 17.2 Å². The number of nitrogens with zero attached hydrogens (tertiary/aromatic N) is 3. The second-order valence-electron chi connectivity index (χ2n) is 22.4. The molecule has 4 N–H and O–H groups in total. The third-order valence-electron chi connectivity index (χ3n) is 13.6. The van der Waals surface area contributed by atoms with Crippen LogP contribution >= 0.6 is 12.4 Å². The minimum Gasteiger partial charge on any atom is -0.489 e. The molecule has 9 rings (SSSR count). The summed E-state index contributed by atoms with van der Waals surface area (Å²) in [7, 11) is 0. The standard InChI is InChI=1S/2C24H29FN2O3.C19H21FN2O.ClH/c2*1-24(2,3)30-23(28)26-15-18(14-25)17-29-22-10-9-20-16-27(12-11-19(20)13-22)21-7-5-4-6-8-21;20-11-15(12-21)14-23-19-7-6-17-13-22(9-8-16(17)10-19)18-4-2-1-3-5-18;/h2*4-10,13-14H,11-12,15-17H2,1-3H3,(H,26,28);1-7,10-11H,8-9,12-14,21H2;1H/b18-14+;18-14-;15-11+;. The van der Waals surface area contributed by atoms with Gasteiger partial charge in [-0.1, -0.05) is 72.8 Å². The third-order valence-corrected chi connectivity index (χ3v) is 13.6. The first-order chi connectivity index (χ1) is 40.0. The van der Waals surface area contributed by atoms with Gasteiger partial charge in [0.2, 0.25) is 0 Å². The number of carbonyl (C=O) groups excluding carboxylic acids is 2. The third kappa shape index (κ3) is 21.0. The SMILES string of the molecule is CC(C)(C)OC(=O)NC/C(=C/F)COc1ccc2c(c1)CCN(c1ccccc1)C2.CC(C)(C)OC(=O)NC/C(=C\F)COc1ccc2c(c1)CCN(c1ccccc1)C2.Cl.NC/C(=C\F)COc1ccc2c(c1)CCN(c1ccccc1)C2. The van der Waals surface area contributed by atoms with Crippen LogP contribution < -0.4 is 45.3 Å². The normalized spacial score (nSPS) is 14.1. The first kappa shape index (κ1) is 65.1. The number of fused-ring (bicyclic) bond motifs is 3. The highest BCUT2D eigenvalue weighted by molar-refractivity contribution is 5.85. The Labute approximate surface area is 499 Å². The van der Waals surface area contributed by atoms with E-state index < -0.39 is 23.4 Å². The van der Waals surface area contributed by atoms with Gasteiger partial charge in [0.15, 0.2) is 0 Å². The Morgan fingerprint density at radius 3 is 1.04 bits per heavy atom. The monoisotopic (exact) mass is 1170 g/mol. The smallest absolute Gasteiger partial charge is 0.407 e. The first-order valence-corrected chi connectivity index (χ1v) is 28.1. The Hall–Kier alpha value is -8.08. The van der Waals surface area contributed by atoms with Gasteiger partial charge in [0.1, 0.15) is 48.3 Å². The molecule has 17 heteroatoms. The van der Waals surface area contributed by atoms with Crippen LogP contribution in [0.3, 0.4) is 0 Å². The highest BCUT2D eigenvalue weighted by Gasteiger charge is 2.22. The highest BCUT2D eigenvalue weighted by atomic mass is 35.5. The molecule has 13 nitrogen and oxygen atoms in total. The molecule has 3 heterocycles. The topological polar surface area (TPSA) is 140 Å². The number of hydrogen-bond acceptors (Lipinski definition) is 11. The van der Waals surface area contributed by atoms with Gasteiger partial charge in [-0.25, -0.2) is 22.8 Å². The molecule has 0 fully saturated rings. The van der Waals surface area contributed by atoms with Gasteiger partial charge in [-0.05, 0) is 167 Å². The maximum absolute atomic E-state index is 13.2. The van der Waals surface area contributed by atoms with Crippen molar-refractivity contribution in [3.63, 3.8) is 0 Å². The zero-order valence-corrected chi connectivity index (χ0v) is 49.8. The average Bonchev–Trinajstić information content (AvgIpc) is 3.69. The fourth-order valence-electron chi connectivity index (χ4n) is 9.34. The molecular weight excluding hydrogens is 1090 g/mol. The lowest BCUT2D eigenvalue weighted by Gasteiger charge is -2.31. The Morgan fingerprint density at radius 1 is 0.464 bits per heavy atom. The molecule has 0 atom stereocenters. The van der Waals surface area contributed by atoms with Crippen molar-refractivity contribution >= 4 is 41.7 Å². The van der Waals surface area contributed by atoms with Crippen molar-refractivity contribution in [1.82, 2.24) is 10.6 Å². The first-order valence-electron chi connectivity index (χ1n) is 28.1. The molecule has 2 amide bonds. The molecule has 0 aromatic heterocycles. The van der Waals surface area contributed by atoms with Gasteiger partial charge in [0.05, 0.1) is 19.0 Å². The minimum absolute atomic E-state index is 0. The number of nitrogens with two attached hydrogens (primary N) is 1. The van der Waals surface area contributed by atoms with Crippen LogP contribution in [-0.2, 0) is 48.4 Å². The van der Waals surface area contributed by atoms with Crippen LogP contribution in [0.1, 0.15) is 74.9 Å². The zero-order chi connectivity index (χ0) is 59.2. The number of ether oxygens (including phenoxy) is 5. The van der Waals surface area contributed by atoms with E-state index in [0.29, 0.717) is 47.2 Å². The minimum atomic E-state index is -0.598. The summed E-state index contributed by atoms with van der Waals surface area (Å²) in [6.07, 6.45) is 3.11. The summed E-state index contributed by atoms with van der Waals surface area (Å²) in [5.41, 5.74) is 16.7. The molecule has 0 saturated heterocycles. The van der Waals surface area contributed by atoms with E-state index in [9.17, 15) is 22.8 Å². The van der Waals surface area contributed by atoms with Crippen LogP contribution in [0, 0.1) is 0 Å². The van der Waals surface area contributed by atoms with Crippen molar-refractivity contribution in [2.75, 3.05) is 73.8 Å². The van der Waals surface area contributed by atoms with Gasteiger partial charge in [-0.2, -0.15) is 0 Å². The summed E-state index contributed by atoms with van der Waals surface area (Å²) in [6.45, 7) is 16.7. The fourth-order valence-corrected chi connectivity index (χ4v) is 9.34. The second-order valence-corrected chi connectivity index (χ2v) is 22.4. The van der Waals surface area contributed by atoms with Crippen LogP contribution in [0.15, 0.2) is 181 Å². The van der Waals surface area contributed by atoms with Crippen molar-refractivity contribution < 1.29 is 46.4 Å². The quantitative estimate of drug-likeness (QED) is 0.0804. The Kier molecular flexibility index (Phi) is 24.9. The number of anilines is 3. The lowest BCUT2D eigenvalue weighted by Crippen LogP contribution is -2.34. The molecule has 3 aliphatic heterocycles. The lowest BCUT2D eigenvalue weighted by atomic mass is 9.99. The zero-order valence-electron chi connectivity index (χ0n) is 49.0. The van der Waals surface area contributed by atoms with Crippen LogP contribution in [0.4, 0.5) is 39.8 Å². The summed E-state index contributed by atoms with van der Waals surface area (Å²) in [6, 6.07) is 49.3. The molecule has 6 aromatic rings. The number of carbonyl (C=O) groups is 2. The van der Waals surface area contributed by atoms with Crippen molar-refractivity contribution in [3.05, 3.63) is 215 Å². The number of hydrogen-bond donors (Lipinski definition) is 3. The molecule has 448 valence electrons. The molecule has 0 bridgehead atoms. The van der Waals surface area contributed by atoms with Crippen molar-refractivity contribution in [1.29, 1.82) is 0 Å². The summed E-state index contributed by atoms with van der Waals surface area (Å²) < 4.78 is 66.3. The Balaban J connectivity index is 0.000000203. The van der Waals surface area contributed by atoms with E-state index in [-0.39, 0.29) is 51.9 Å². The van der Waals surface area contributed by atoms with E-state index in [1.807, 2.05) is 48.5 Å². The van der Waals surface area contributed by atoms with Crippen molar-refractivity contribution in [3.8, 4) is 17.2 Å². The summed E-state index contributed by atoms with van der Waals surface area (Å²) in [5, 5.41) is 5.08. The predicted octanol–water partition coefficient (Wildman–Crippen LogP) is 13.9. The van der Waals surface area contributed by atoms with E-state index in [0.717, 1.165) is 64.3 Å². The molecule has 0 unspecified atom stereocenters. The lowest BCUT2D eigenvalue weighted by molar-refractivity contribution is 0.0520. The number of rotatable bonds is 17. The highest BCUT2D eigenvalue weighted by Crippen LogP contribution is 2.31. The van der Waals surface area contributed by atoms with Crippen LogP contribution in [0.2, 0.25) is 0 Å². The van der Waals surface area contributed by atoms with E-state index in [1.54, 1.807) is 41.5 Å². The van der Waals surface area contributed by atoms with Crippen LogP contribution in [-0.4, -0.2) is 82.5 Å². The number of para-hydroxylation sites is 3. The molecule has 0 aliphatic carbocycles. The summed E-state index contributed by atoms with van der Waals surface area (Å²) in [4.78, 5) is 30.5. The number of amides is 2.